The van der Waals surface area contributed by atoms with Crippen LogP contribution in [0.15, 0.2) is 53.5 Å². The first-order chi connectivity index (χ1) is 8.65. The molecule has 0 aliphatic carbocycles. The van der Waals surface area contributed by atoms with E-state index in [0.29, 0.717) is 11.2 Å². The molecule has 2 aromatic rings. The summed E-state index contributed by atoms with van der Waals surface area (Å²) < 4.78 is 0. The average molecular weight is 241 g/mol. The molecule has 4 nitrogen and oxygen atoms in total. The lowest BCUT2D eigenvalue weighted by atomic mass is 9.80. The normalized spacial score (nSPS) is 10.8. The monoisotopic (exact) mass is 241 g/mol. The minimum Gasteiger partial charge on any atom is -0.508 e. The van der Waals surface area contributed by atoms with Crippen LogP contribution < -0.4 is 5.46 Å². The first-order valence-electron chi connectivity index (χ1n) is 5.44. The Morgan fingerprint density at radius 2 is 1.72 bits per heavy atom. The summed E-state index contributed by atoms with van der Waals surface area (Å²) in [7, 11) is -1.49. The molecule has 18 heavy (non-hydrogen) atoms. The number of hydrogen-bond donors (Lipinski definition) is 3. The highest BCUT2D eigenvalue weighted by molar-refractivity contribution is 6.58. The lowest BCUT2D eigenvalue weighted by molar-refractivity contribution is 0.426. The van der Waals surface area contributed by atoms with Crippen molar-refractivity contribution in [2.24, 2.45) is 4.99 Å². The highest BCUT2D eigenvalue weighted by Gasteiger charge is 2.09. The molecular formula is C13H12BNO3. The molecule has 0 fully saturated rings. The number of phenols is 1. The van der Waals surface area contributed by atoms with E-state index < -0.39 is 7.12 Å². The van der Waals surface area contributed by atoms with Crippen molar-refractivity contribution < 1.29 is 15.2 Å². The molecule has 0 bridgehead atoms. The molecule has 2 aromatic carbocycles. The van der Waals surface area contributed by atoms with Crippen molar-refractivity contribution in [2.45, 2.75) is 0 Å². The molecule has 2 rings (SSSR count). The van der Waals surface area contributed by atoms with E-state index in [1.807, 2.05) is 0 Å². The fourth-order valence-electron chi connectivity index (χ4n) is 1.48. The molecule has 0 aliphatic rings. The molecule has 5 heteroatoms. The Bertz CT molecular complexity index is 552. The van der Waals surface area contributed by atoms with Crippen LogP contribution in [0.2, 0.25) is 0 Å². The molecule has 90 valence electrons. The number of aromatic hydroxyl groups is 1. The SMILES string of the molecule is OB(O)c1cccc(N=Cc2ccc(O)cc2)c1. The first-order valence-corrected chi connectivity index (χ1v) is 5.44. The van der Waals surface area contributed by atoms with Gasteiger partial charge in [0.25, 0.3) is 0 Å². The van der Waals surface area contributed by atoms with Gasteiger partial charge in [-0.3, -0.25) is 4.99 Å². The third-order valence-corrected chi connectivity index (χ3v) is 2.42. The molecule has 0 aliphatic heterocycles. The Kier molecular flexibility index (Phi) is 3.77. The fraction of sp³-hybridized carbons (Fsp3) is 0. The molecule has 0 saturated heterocycles. The standard InChI is InChI=1S/C13H12BNO3/c16-13-6-4-10(5-7-13)9-15-12-3-1-2-11(8-12)14(17)18/h1-9,16-18H. The highest BCUT2D eigenvalue weighted by atomic mass is 16.4. The van der Waals surface area contributed by atoms with Crippen LogP contribution in [-0.4, -0.2) is 28.5 Å². The second-order valence-electron chi connectivity index (χ2n) is 3.82. The number of benzene rings is 2. The van der Waals surface area contributed by atoms with E-state index >= 15 is 0 Å². The van der Waals surface area contributed by atoms with Crippen LogP contribution in [0.25, 0.3) is 0 Å². The van der Waals surface area contributed by atoms with Gasteiger partial charge in [-0.15, -0.1) is 0 Å². The number of aliphatic imine (C=N–C) groups is 1. The van der Waals surface area contributed by atoms with E-state index in [1.165, 1.54) is 0 Å². The van der Waals surface area contributed by atoms with Crippen LogP contribution in [0.5, 0.6) is 5.75 Å². The minimum absolute atomic E-state index is 0.206. The quantitative estimate of drug-likeness (QED) is 0.550. The van der Waals surface area contributed by atoms with Gasteiger partial charge in [-0.2, -0.15) is 0 Å². The summed E-state index contributed by atoms with van der Waals surface area (Å²) in [6.45, 7) is 0. The van der Waals surface area contributed by atoms with Crippen LogP contribution in [0.3, 0.4) is 0 Å². The number of nitrogens with zero attached hydrogens (tertiary/aromatic N) is 1. The van der Waals surface area contributed by atoms with Gasteiger partial charge >= 0.3 is 7.12 Å². The molecule has 0 atom stereocenters. The van der Waals surface area contributed by atoms with Gasteiger partial charge in [-0.05, 0) is 47.4 Å². The van der Waals surface area contributed by atoms with E-state index in [0.717, 1.165) is 5.56 Å². The maximum absolute atomic E-state index is 9.14. The topological polar surface area (TPSA) is 73.0 Å². The summed E-state index contributed by atoms with van der Waals surface area (Å²) in [4.78, 5) is 4.22. The average Bonchev–Trinajstić information content (AvgIpc) is 2.38. The summed E-state index contributed by atoms with van der Waals surface area (Å²) in [6.07, 6.45) is 1.64. The zero-order valence-electron chi connectivity index (χ0n) is 9.56. The van der Waals surface area contributed by atoms with Crippen LogP contribution in [0, 0.1) is 0 Å². The molecule has 0 spiro atoms. The lowest BCUT2D eigenvalue weighted by Crippen LogP contribution is -2.29. The smallest absolute Gasteiger partial charge is 0.488 e. The Morgan fingerprint density at radius 3 is 2.39 bits per heavy atom. The summed E-state index contributed by atoms with van der Waals surface area (Å²) in [5, 5.41) is 27.2. The van der Waals surface area contributed by atoms with Gasteiger partial charge in [0.05, 0.1) is 5.69 Å². The molecule has 0 saturated carbocycles. The van der Waals surface area contributed by atoms with Gasteiger partial charge in [0.15, 0.2) is 0 Å². The third kappa shape index (κ3) is 3.19. The van der Waals surface area contributed by atoms with Crippen molar-refractivity contribution in [1.29, 1.82) is 0 Å². The summed E-state index contributed by atoms with van der Waals surface area (Å²) in [5.41, 5.74) is 1.88. The fourth-order valence-corrected chi connectivity index (χ4v) is 1.48. The predicted octanol–water partition coefficient (Wildman–Crippen LogP) is 0.823. The van der Waals surface area contributed by atoms with Crippen molar-refractivity contribution in [3.8, 4) is 5.75 Å². The Balaban J connectivity index is 2.18. The van der Waals surface area contributed by atoms with Gasteiger partial charge in [-0.1, -0.05) is 12.1 Å². The van der Waals surface area contributed by atoms with Crippen molar-refractivity contribution in [3.05, 3.63) is 54.1 Å². The Labute approximate surface area is 105 Å². The van der Waals surface area contributed by atoms with Crippen LogP contribution in [0.1, 0.15) is 5.56 Å². The number of phenolic OH excluding ortho intramolecular Hbond substituents is 1. The van der Waals surface area contributed by atoms with Gasteiger partial charge in [0, 0.05) is 6.21 Å². The zero-order chi connectivity index (χ0) is 13.0. The van der Waals surface area contributed by atoms with Crippen LogP contribution >= 0.6 is 0 Å². The number of rotatable bonds is 3. The van der Waals surface area contributed by atoms with E-state index in [9.17, 15) is 0 Å². The first kappa shape index (κ1) is 12.4. The summed E-state index contributed by atoms with van der Waals surface area (Å²) in [6, 6.07) is 13.3. The van der Waals surface area contributed by atoms with E-state index in [2.05, 4.69) is 4.99 Å². The summed E-state index contributed by atoms with van der Waals surface area (Å²) in [5.74, 6) is 0.206. The minimum atomic E-state index is -1.49. The Hall–Kier alpha value is -2.11. The molecule has 0 radical (unpaired) electrons. The zero-order valence-corrected chi connectivity index (χ0v) is 9.56. The molecule has 0 heterocycles. The summed E-state index contributed by atoms with van der Waals surface area (Å²) >= 11 is 0. The lowest BCUT2D eigenvalue weighted by Gasteiger charge is -2.00. The number of hydrogen-bond acceptors (Lipinski definition) is 4. The van der Waals surface area contributed by atoms with E-state index in [-0.39, 0.29) is 5.75 Å². The molecule has 0 amide bonds. The molecular weight excluding hydrogens is 229 g/mol. The van der Waals surface area contributed by atoms with E-state index in [4.69, 9.17) is 15.2 Å². The molecule has 0 unspecified atom stereocenters. The van der Waals surface area contributed by atoms with Gasteiger partial charge < -0.3 is 15.2 Å². The molecule has 3 N–H and O–H groups in total. The maximum atomic E-state index is 9.14. The van der Waals surface area contributed by atoms with Crippen molar-refractivity contribution in [1.82, 2.24) is 0 Å². The Morgan fingerprint density at radius 1 is 1.00 bits per heavy atom. The molecule has 0 aromatic heterocycles. The van der Waals surface area contributed by atoms with Gasteiger partial charge in [0.1, 0.15) is 5.75 Å². The largest absolute Gasteiger partial charge is 0.508 e. The third-order valence-electron chi connectivity index (χ3n) is 2.42. The highest BCUT2D eigenvalue weighted by Crippen LogP contribution is 2.11. The van der Waals surface area contributed by atoms with Crippen LogP contribution in [-0.2, 0) is 0 Å². The predicted molar refractivity (Wildman–Crippen MR) is 71.6 cm³/mol. The van der Waals surface area contributed by atoms with Gasteiger partial charge in [-0.25, -0.2) is 0 Å². The second-order valence-corrected chi connectivity index (χ2v) is 3.82. The van der Waals surface area contributed by atoms with Crippen LogP contribution in [0.4, 0.5) is 5.69 Å². The maximum Gasteiger partial charge on any atom is 0.488 e. The van der Waals surface area contributed by atoms with E-state index in [1.54, 1.807) is 54.7 Å². The van der Waals surface area contributed by atoms with Crippen molar-refractivity contribution >= 4 is 24.5 Å². The van der Waals surface area contributed by atoms with Crippen molar-refractivity contribution in [3.63, 3.8) is 0 Å². The second kappa shape index (κ2) is 5.49. The van der Waals surface area contributed by atoms with Gasteiger partial charge in [0.2, 0.25) is 0 Å². The van der Waals surface area contributed by atoms with Crippen molar-refractivity contribution in [2.75, 3.05) is 0 Å².